The maximum absolute atomic E-state index is 5.69. The van der Waals surface area contributed by atoms with Crippen LogP contribution in [0.5, 0.6) is 5.75 Å². The molecule has 3 nitrogen and oxygen atoms in total. The van der Waals surface area contributed by atoms with Crippen molar-refractivity contribution < 1.29 is 9.47 Å². The zero-order valence-corrected chi connectivity index (χ0v) is 12.9. The van der Waals surface area contributed by atoms with Gasteiger partial charge in [0.15, 0.2) is 0 Å². The first kappa shape index (κ1) is 15.5. The monoisotopic (exact) mass is 315 g/mol. The van der Waals surface area contributed by atoms with Crippen molar-refractivity contribution in [2.75, 3.05) is 26.9 Å². The Hall–Kier alpha value is -0.580. The zero-order chi connectivity index (χ0) is 13.4. The average Bonchev–Trinajstić information content (AvgIpc) is 2.36. The predicted molar refractivity (Wildman–Crippen MR) is 78.2 cm³/mol. The Bertz CT molecular complexity index is 358. The molecule has 1 atom stereocenters. The second-order valence-corrected chi connectivity index (χ2v) is 5.02. The summed E-state index contributed by atoms with van der Waals surface area (Å²) in [4.78, 5) is 0. The van der Waals surface area contributed by atoms with Crippen molar-refractivity contribution >= 4 is 15.9 Å². The van der Waals surface area contributed by atoms with E-state index in [4.69, 9.17) is 9.47 Å². The molecule has 0 aliphatic carbocycles. The first-order valence-corrected chi connectivity index (χ1v) is 7.13. The van der Waals surface area contributed by atoms with Crippen molar-refractivity contribution in [2.24, 2.45) is 0 Å². The summed E-state index contributed by atoms with van der Waals surface area (Å²) in [5, 5.41) is 3.39. The summed E-state index contributed by atoms with van der Waals surface area (Å²) in [5.74, 6) is 0.888. The molecule has 0 aliphatic rings. The first-order chi connectivity index (χ1) is 8.69. The molecule has 1 rings (SSSR count). The van der Waals surface area contributed by atoms with Crippen LogP contribution in [0.15, 0.2) is 22.7 Å². The highest BCUT2D eigenvalue weighted by Gasteiger charge is 2.07. The van der Waals surface area contributed by atoms with Gasteiger partial charge in [-0.1, -0.05) is 13.0 Å². The minimum Gasteiger partial charge on any atom is -0.492 e. The fourth-order valence-electron chi connectivity index (χ4n) is 1.71. The van der Waals surface area contributed by atoms with Crippen LogP contribution in [-0.4, -0.2) is 26.9 Å². The number of methoxy groups -OCH3 is 1. The number of halogens is 1. The van der Waals surface area contributed by atoms with Gasteiger partial charge in [-0.05, 0) is 47.1 Å². The quantitative estimate of drug-likeness (QED) is 0.744. The number of rotatable bonds is 8. The largest absolute Gasteiger partial charge is 0.492 e. The van der Waals surface area contributed by atoms with Crippen LogP contribution in [0.2, 0.25) is 0 Å². The molecule has 1 unspecified atom stereocenters. The molecule has 4 heteroatoms. The van der Waals surface area contributed by atoms with Gasteiger partial charge in [0.2, 0.25) is 0 Å². The second-order valence-electron chi connectivity index (χ2n) is 4.16. The Kier molecular flexibility index (Phi) is 7.32. The van der Waals surface area contributed by atoms with Gasteiger partial charge in [-0.3, -0.25) is 0 Å². The van der Waals surface area contributed by atoms with Crippen molar-refractivity contribution in [3.63, 3.8) is 0 Å². The van der Waals surface area contributed by atoms with Crippen molar-refractivity contribution in [3.05, 3.63) is 28.2 Å². The molecule has 0 bridgehead atoms. The van der Waals surface area contributed by atoms with E-state index in [9.17, 15) is 0 Å². The lowest BCUT2D eigenvalue weighted by atomic mass is 10.1. The van der Waals surface area contributed by atoms with E-state index in [1.54, 1.807) is 7.11 Å². The van der Waals surface area contributed by atoms with Crippen LogP contribution in [0.1, 0.15) is 31.9 Å². The summed E-state index contributed by atoms with van der Waals surface area (Å²) >= 11 is 3.55. The molecule has 0 heterocycles. The van der Waals surface area contributed by atoms with Crippen LogP contribution >= 0.6 is 15.9 Å². The molecule has 0 aromatic heterocycles. The minimum absolute atomic E-state index is 0.355. The van der Waals surface area contributed by atoms with Gasteiger partial charge in [-0.25, -0.2) is 0 Å². The fraction of sp³-hybridized carbons (Fsp3) is 0.571. The van der Waals surface area contributed by atoms with Crippen molar-refractivity contribution in [2.45, 2.75) is 26.3 Å². The van der Waals surface area contributed by atoms with Crippen molar-refractivity contribution in [1.82, 2.24) is 5.32 Å². The van der Waals surface area contributed by atoms with Gasteiger partial charge in [0.25, 0.3) is 0 Å². The van der Waals surface area contributed by atoms with E-state index in [1.807, 2.05) is 6.07 Å². The predicted octanol–water partition coefficient (Wildman–Crippen LogP) is 3.53. The summed E-state index contributed by atoms with van der Waals surface area (Å²) in [6, 6.07) is 6.58. The third-order valence-electron chi connectivity index (χ3n) is 2.72. The Morgan fingerprint density at radius 3 is 2.72 bits per heavy atom. The summed E-state index contributed by atoms with van der Waals surface area (Å²) in [7, 11) is 1.70. The molecule has 0 spiro atoms. The number of ether oxygens (including phenoxy) is 2. The van der Waals surface area contributed by atoms with Crippen LogP contribution in [0.25, 0.3) is 0 Å². The molecule has 0 fully saturated rings. The van der Waals surface area contributed by atoms with Crippen LogP contribution in [0.4, 0.5) is 0 Å². The molecule has 0 radical (unpaired) electrons. The molecule has 0 saturated carbocycles. The molecule has 0 aliphatic heterocycles. The standard InChI is InChI=1S/C14H22BrNO2/c1-4-16-11(2)12-6-7-14(13(15)10-12)18-9-5-8-17-3/h6-7,10-11,16H,4-5,8-9H2,1-3H3. The summed E-state index contributed by atoms with van der Waals surface area (Å²) in [5.41, 5.74) is 1.26. The maximum atomic E-state index is 5.69. The highest BCUT2D eigenvalue weighted by molar-refractivity contribution is 9.10. The topological polar surface area (TPSA) is 30.5 Å². The Balaban J connectivity index is 2.56. The van der Waals surface area contributed by atoms with Gasteiger partial charge in [0.05, 0.1) is 11.1 Å². The smallest absolute Gasteiger partial charge is 0.133 e. The van der Waals surface area contributed by atoms with Gasteiger partial charge in [-0.2, -0.15) is 0 Å². The van der Waals surface area contributed by atoms with E-state index in [0.29, 0.717) is 12.6 Å². The van der Waals surface area contributed by atoms with E-state index < -0.39 is 0 Å². The SMILES string of the molecule is CCNC(C)c1ccc(OCCCOC)c(Br)c1. The molecule has 0 amide bonds. The maximum Gasteiger partial charge on any atom is 0.133 e. The fourth-order valence-corrected chi connectivity index (χ4v) is 2.22. The van der Waals surface area contributed by atoms with E-state index in [1.165, 1.54) is 5.56 Å². The highest BCUT2D eigenvalue weighted by atomic mass is 79.9. The third-order valence-corrected chi connectivity index (χ3v) is 3.34. The van der Waals surface area contributed by atoms with Gasteiger partial charge in [0.1, 0.15) is 5.75 Å². The zero-order valence-electron chi connectivity index (χ0n) is 11.3. The number of hydrogen-bond donors (Lipinski definition) is 1. The molecule has 1 aromatic carbocycles. The van der Waals surface area contributed by atoms with Gasteiger partial charge in [-0.15, -0.1) is 0 Å². The Morgan fingerprint density at radius 1 is 1.33 bits per heavy atom. The minimum atomic E-state index is 0.355. The summed E-state index contributed by atoms with van der Waals surface area (Å²) < 4.78 is 11.7. The third kappa shape index (κ3) is 4.96. The van der Waals surface area contributed by atoms with Gasteiger partial charge in [0, 0.05) is 26.2 Å². The number of nitrogens with one attached hydrogen (secondary N) is 1. The van der Waals surface area contributed by atoms with E-state index >= 15 is 0 Å². The molecular formula is C14H22BrNO2. The highest BCUT2D eigenvalue weighted by Crippen LogP contribution is 2.28. The van der Waals surface area contributed by atoms with Crippen LogP contribution in [0.3, 0.4) is 0 Å². The van der Waals surface area contributed by atoms with E-state index in [2.05, 4.69) is 47.2 Å². The lowest BCUT2D eigenvalue weighted by Crippen LogP contribution is -2.17. The average molecular weight is 316 g/mol. The summed E-state index contributed by atoms with van der Waals surface area (Å²) in [6.07, 6.45) is 0.901. The second kappa shape index (κ2) is 8.51. The molecular weight excluding hydrogens is 294 g/mol. The molecule has 1 N–H and O–H groups in total. The van der Waals surface area contributed by atoms with Crippen molar-refractivity contribution in [3.8, 4) is 5.75 Å². The lowest BCUT2D eigenvalue weighted by Gasteiger charge is -2.15. The molecule has 18 heavy (non-hydrogen) atoms. The van der Waals surface area contributed by atoms with Gasteiger partial charge >= 0.3 is 0 Å². The van der Waals surface area contributed by atoms with Crippen LogP contribution < -0.4 is 10.1 Å². The normalized spacial score (nSPS) is 12.4. The lowest BCUT2D eigenvalue weighted by molar-refractivity contribution is 0.172. The van der Waals surface area contributed by atoms with E-state index in [0.717, 1.165) is 29.8 Å². The van der Waals surface area contributed by atoms with Crippen LogP contribution in [-0.2, 0) is 4.74 Å². The van der Waals surface area contributed by atoms with Crippen LogP contribution in [0, 0.1) is 0 Å². The van der Waals surface area contributed by atoms with Gasteiger partial charge < -0.3 is 14.8 Å². The first-order valence-electron chi connectivity index (χ1n) is 6.33. The number of hydrogen-bond acceptors (Lipinski definition) is 3. The Labute approximate surface area is 118 Å². The van der Waals surface area contributed by atoms with E-state index in [-0.39, 0.29) is 0 Å². The molecule has 102 valence electrons. The molecule has 0 saturated heterocycles. The Morgan fingerprint density at radius 2 is 2.11 bits per heavy atom. The number of benzene rings is 1. The molecule has 1 aromatic rings. The summed E-state index contributed by atoms with van der Waals surface area (Å²) in [6.45, 7) is 6.64. The van der Waals surface area contributed by atoms with Crippen molar-refractivity contribution in [1.29, 1.82) is 0 Å².